The molecule has 194 valence electrons. The molecule has 2 heterocycles. The number of rotatable bonds is 19. The Balaban J connectivity index is 1.38. The molecular formula is C27H47N3O4. The standard InChI is InChI=1S/C27H47N3O4/c1-2-3-4-5-6-7-8-9-10-11-12-13-14-15-16-17-26(31)33-22-23-18-19-25(34-23)30-21-20-24(28)29-27(30)32/h20-21,23,25H,2-19,22H2,1H3,(H2,28,29,32)/t23-,25+/m0/s1. The summed E-state index contributed by atoms with van der Waals surface area (Å²) in [5.41, 5.74) is 5.11. The fraction of sp³-hybridized carbons (Fsp3) is 0.815. The van der Waals surface area contributed by atoms with E-state index in [1.807, 2.05) is 0 Å². The second kappa shape index (κ2) is 17.5. The third kappa shape index (κ3) is 12.0. The number of nitrogens with zero attached hydrogens (tertiary/aromatic N) is 2. The van der Waals surface area contributed by atoms with E-state index in [1.54, 1.807) is 12.3 Å². The number of unbranched alkanes of at least 4 members (excludes halogenated alkanes) is 14. The van der Waals surface area contributed by atoms with Gasteiger partial charge in [-0.05, 0) is 25.3 Å². The first-order valence-corrected chi connectivity index (χ1v) is 13.8. The van der Waals surface area contributed by atoms with Gasteiger partial charge in [0, 0.05) is 12.6 Å². The monoisotopic (exact) mass is 477 g/mol. The molecule has 0 aromatic carbocycles. The number of hydrogen-bond acceptors (Lipinski definition) is 6. The van der Waals surface area contributed by atoms with Gasteiger partial charge in [-0.25, -0.2) is 4.79 Å². The Hall–Kier alpha value is -1.89. The average Bonchev–Trinajstić information content (AvgIpc) is 3.29. The van der Waals surface area contributed by atoms with Crippen LogP contribution in [0.25, 0.3) is 0 Å². The van der Waals surface area contributed by atoms with Crippen molar-refractivity contribution in [3.8, 4) is 0 Å². The summed E-state index contributed by atoms with van der Waals surface area (Å²) in [5.74, 6) is 0.0385. The first-order valence-electron chi connectivity index (χ1n) is 13.8. The van der Waals surface area contributed by atoms with Crippen molar-refractivity contribution in [2.45, 2.75) is 135 Å². The van der Waals surface area contributed by atoms with Crippen LogP contribution in [0.4, 0.5) is 5.82 Å². The minimum absolute atomic E-state index is 0.159. The van der Waals surface area contributed by atoms with E-state index in [1.165, 1.54) is 88.0 Å². The van der Waals surface area contributed by atoms with Gasteiger partial charge in [0.2, 0.25) is 0 Å². The van der Waals surface area contributed by atoms with Gasteiger partial charge >= 0.3 is 11.7 Å². The average molecular weight is 478 g/mol. The molecule has 2 rings (SSSR count). The van der Waals surface area contributed by atoms with E-state index in [2.05, 4.69) is 11.9 Å². The first kappa shape index (κ1) is 28.3. The molecule has 0 radical (unpaired) electrons. The van der Waals surface area contributed by atoms with Crippen LogP contribution >= 0.6 is 0 Å². The van der Waals surface area contributed by atoms with Crippen molar-refractivity contribution in [3.05, 3.63) is 22.7 Å². The molecule has 1 aromatic rings. The SMILES string of the molecule is CCCCCCCCCCCCCCCCCC(=O)OC[C@@H]1CC[C@H](n2ccc(N)nc2=O)O1. The van der Waals surface area contributed by atoms with E-state index < -0.39 is 5.69 Å². The number of carbonyl (C=O) groups is 1. The smallest absolute Gasteiger partial charge is 0.351 e. The Morgan fingerprint density at radius 2 is 1.53 bits per heavy atom. The molecule has 0 aliphatic carbocycles. The second-order valence-corrected chi connectivity index (χ2v) is 9.72. The first-order chi connectivity index (χ1) is 16.6. The Labute approximate surface area is 205 Å². The van der Waals surface area contributed by atoms with E-state index in [0.29, 0.717) is 12.8 Å². The number of nitrogen functional groups attached to an aromatic ring is 1. The molecular weight excluding hydrogens is 430 g/mol. The molecule has 0 unspecified atom stereocenters. The summed E-state index contributed by atoms with van der Waals surface area (Å²) in [6.07, 6.45) is 22.6. The van der Waals surface area contributed by atoms with Crippen LogP contribution in [0.5, 0.6) is 0 Å². The lowest BCUT2D eigenvalue weighted by molar-refractivity contribution is -0.148. The summed E-state index contributed by atoms with van der Waals surface area (Å²) in [5, 5.41) is 0. The van der Waals surface area contributed by atoms with Crippen LogP contribution in [0, 0.1) is 0 Å². The molecule has 7 nitrogen and oxygen atoms in total. The summed E-state index contributed by atoms with van der Waals surface area (Å²) in [7, 11) is 0. The quantitative estimate of drug-likeness (QED) is 0.185. The van der Waals surface area contributed by atoms with Crippen molar-refractivity contribution in [2.75, 3.05) is 12.3 Å². The number of anilines is 1. The van der Waals surface area contributed by atoms with Crippen LogP contribution in [0.1, 0.15) is 129 Å². The normalized spacial score (nSPS) is 17.8. The van der Waals surface area contributed by atoms with E-state index in [4.69, 9.17) is 15.2 Å². The highest BCUT2D eigenvalue weighted by Crippen LogP contribution is 2.27. The Kier molecular flexibility index (Phi) is 14.6. The Morgan fingerprint density at radius 3 is 2.09 bits per heavy atom. The Morgan fingerprint density at radius 1 is 0.971 bits per heavy atom. The van der Waals surface area contributed by atoms with Crippen molar-refractivity contribution >= 4 is 11.8 Å². The Bertz CT molecular complexity index is 737. The zero-order chi connectivity index (χ0) is 24.4. The highest BCUT2D eigenvalue weighted by molar-refractivity contribution is 5.69. The predicted octanol–water partition coefficient (Wildman–Crippen LogP) is 6.31. The van der Waals surface area contributed by atoms with E-state index >= 15 is 0 Å². The van der Waals surface area contributed by atoms with Crippen molar-refractivity contribution in [3.63, 3.8) is 0 Å². The summed E-state index contributed by atoms with van der Waals surface area (Å²) in [6, 6.07) is 1.58. The number of carbonyl (C=O) groups excluding carboxylic acids is 1. The summed E-state index contributed by atoms with van der Waals surface area (Å²) in [4.78, 5) is 27.7. The fourth-order valence-corrected chi connectivity index (χ4v) is 4.56. The van der Waals surface area contributed by atoms with Crippen LogP contribution < -0.4 is 11.4 Å². The van der Waals surface area contributed by atoms with Gasteiger partial charge in [-0.3, -0.25) is 9.36 Å². The molecule has 2 N–H and O–H groups in total. The molecule has 2 atom stereocenters. The molecule has 0 amide bonds. The molecule has 1 saturated heterocycles. The van der Waals surface area contributed by atoms with Gasteiger partial charge in [0.25, 0.3) is 0 Å². The lowest BCUT2D eigenvalue weighted by atomic mass is 10.0. The lowest BCUT2D eigenvalue weighted by Crippen LogP contribution is -2.28. The van der Waals surface area contributed by atoms with Crippen molar-refractivity contribution < 1.29 is 14.3 Å². The van der Waals surface area contributed by atoms with Gasteiger partial charge in [-0.1, -0.05) is 96.8 Å². The van der Waals surface area contributed by atoms with Crippen LogP contribution in [0.15, 0.2) is 17.1 Å². The molecule has 0 saturated carbocycles. The second-order valence-electron chi connectivity index (χ2n) is 9.72. The fourth-order valence-electron chi connectivity index (χ4n) is 4.56. The topological polar surface area (TPSA) is 96.4 Å². The third-order valence-electron chi connectivity index (χ3n) is 6.66. The maximum absolute atomic E-state index is 12.0. The minimum atomic E-state index is -0.421. The van der Waals surface area contributed by atoms with Crippen LogP contribution in [-0.2, 0) is 14.3 Å². The molecule has 1 aliphatic heterocycles. The zero-order valence-electron chi connectivity index (χ0n) is 21.3. The van der Waals surface area contributed by atoms with Gasteiger partial charge in [-0.2, -0.15) is 4.98 Å². The van der Waals surface area contributed by atoms with Crippen molar-refractivity contribution in [1.29, 1.82) is 0 Å². The predicted molar refractivity (Wildman–Crippen MR) is 137 cm³/mol. The summed E-state index contributed by atoms with van der Waals surface area (Å²) < 4.78 is 12.7. The molecule has 34 heavy (non-hydrogen) atoms. The van der Waals surface area contributed by atoms with E-state index in [-0.39, 0.29) is 30.7 Å². The number of nitrogens with two attached hydrogens (primary N) is 1. The maximum atomic E-state index is 12.0. The third-order valence-corrected chi connectivity index (χ3v) is 6.66. The molecule has 1 aromatic heterocycles. The molecule has 0 bridgehead atoms. The maximum Gasteiger partial charge on any atom is 0.351 e. The number of aromatic nitrogens is 2. The van der Waals surface area contributed by atoms with E-state index in [0.717, 1.165) is 19.3 Å². The summed E-state index contributed by atoms with van der Waals surface area (Å²) in [6.45, 7) is 2.51. The highest BCUT2D eigenvalue weighted by atomic mass is 16.6. The summed E-state index contributed by atoms with van der Waals surface area (Å²) >= 11 is 0. The number of ether oxygens (including phenoxy) is 2. The van der Waals surface area contributed by atoms with Gasteiger partial charge in [0.15, 0.2) is 0 Å². The van der Waals surface area contributed by atoms with Gasteiger partial charge in [0.1, 0.15) is 18.7 Å². The van der Waals surface area contributed by atoms with Crippen LogP contribution in [0.2, 0.25) is 0 Å². The van der Waals surface area contributed by atoms with Crippen molar-refractivity contribution in [1.82, 2.24) is 9.55 Å². The largest absolute Gasteiger partial charge is 0.463 e. The minimum Gasteiger partial charge on any atom is -0.463 e. The molecule has 0 spiro atoms. The molecule has 7 heteroatoms. The lowest BCUT2D eigenvalue weighted by Gasteiger charge is -2.15. The number of hydrogen-bond donors (Lipinski definition) is 1. The van der Waals surface area contributed by atoms with Crippen molar-refractivity contribution in [2.24, 2.45) is 0 Å². The molecule has 1 fully saturated rings. The van der Waals surface area contributed by atoms with E-state index in [9.17, 15) is 9.59 Å². The highest BCUT2D eigenvalue weighted by Gasteiger charge is 2.28. The van der Waals surface area contributed by atoms with Crippen LogP contribution in [0.3, 0.4) is 0 Å². The molecule has 1 aliphatic rings. The van der Waals surface area contributed by atoms with Gasteiger partial charge in [0.05, 0.1) is 6.10 Å². The van der Waals surface area contributed by atoms with Gasteiger partial charge in [-0.15, -0.1) is 0 Å². The number of esters is 1. The van der Waals surface area contributed by atoms with Crippen LogP contribution in [-0.4, -0.2) is 28.2 Å². The zero-order valence-corrected chi connectivity index (χ0v) is 21.3. The van der Waals surface area contributed by atoms with Gasteiger partial charge < -0.3 is 15.2 Å².